The summed E-state index contributed by atoms with van der Waals surface area (Å²) in [7, 11) is 2.19. The zero-order valence-electron chi connectivity index (χ0n) is 15.8. The highest BCUT2D eigenvalue weighted by molar-refractivity contribution is 5.27. The van der Waals surface area contributed by atoms with Gasteiger partial charge in [0.25, 0.3) is 0 Å². The van der Waals surface area contributed by atoms with Crippen LogP contribution in [0.3, 0.4) is 0 Å². The summed E-state index contributed by atoms with van der Waals surface area (Å²) in [6, 6.07) is 31.9. The third kappa shape index (κ3) is 3.97. The van der Waals surface area contributed by atoms with Crippen LogP contribution >= 0.6 is 0 Å². The number of likely N-dealkylation sites (tertiary alicyclic amines) is 1. The fraction of sp³-hybridized carbons (Fsp3) is 0.280. The molecule has 0 unspecified atom stereocenters. The van der Waals surface area contributed by atoms with Gasteiger partial charge in [0.15, 0.2) is 0 Å². The van der Waals surface area contributed by atoms with Crippen molar-refractivity contribution in [2.45, 2.75) is 36.9 Å². The molecule has 2 nitrogen and oxygen atoms in total. The van der Waals surface area contributed by atoms with Crippen molar-refractivity contribution in [1.29, 1.82) is 0 Å². The minimum absolute atomic E-state index is 0.193. The van der Waals surface area contributed by atoms with Crippen molar-refractivity contribution in [1.82, 2.24) is 4.90 Å². The molecule has 0 spiro atoms. The Hall–Kier alpha value is -2.42. The first-order chi connectivity index (χ1) is 13.1. The predicted octanol–water partition coefficient (Wildman–Crippen LogP) is 5.17. The van der Waals surface area contributed by atoms with Gasteiger partial charge in [-0.15, -0.1) is 0 Å². The molecule has 3 aromatic rings. The van der Waals surface area contributed by atoms with Crippen LogP contribution in [0.2, 0.25) is 0 Å². The van der Waals surface area contributed by atoms with Crippen molar-refractivity contribution in [3.05, 3.63) is 108 Å². The van der Waals surface area contributed by atoms with E-state index in [1.807, 2.05) is 6.07 Å². The smallest absolute Gasteiger partial charge is 0.0724 e. The minimum atomic E-state index is -0.727. The van der Waals surface area contributed by atoms with Crippen LogP contribution in [0.4, 0.5) is 0 Å². The monoisotopic (exact) mass is 357 g/mol. The normalized spacial score (nSPS) is 26.0. The van der Waals surface area contributed by atoms with Crippen molar-refractivity contribution in [2.75, 3.05) is 7.05 Å². The van der Waals surface area contributed by atoms with Gasteiger partial charge in [-0.25, -0.2) is 0 Å². The molecular formula is C25H27NO. The molecule has 0 saturated carbocycles. The molecule has 4 rings (SSSR count). The molecule has 1 aliphatic rings. The van der Waals surface area contributed by atoms with Crippen LogP contribution in [0.15, 0.2) is 91.0 Å². The van der Waals surface area contributed by atoms with Crippen molar-refractivity contribution in [3.8, 4) is 0 Å². The van der Waals surface area contributed by atoms with Crippen LogP contribution in [0, 0.1) is 0 Å². The number of rotatable bonds is 4. The van der Waals surface area contributed by atoms with Gasteiger partial charge in [-0.2, -0.15) is 0 Å². The fourth-order valence-electron chi connectivity index (χ4n) is 4.48. The van der Waals surface area contributed by atoms with Gasteiger partial charge in [-0.05, 0) is 36.6 Å². The van der Waals surface area contributed by atoms with Gasteiger partial charge < -0.3 is 5.11 Å². The van der Waals surface area contributed by atoms with Gasteiger partial charge in [0, 0.05) is 18.5 Å². The molecular weight excluding hydrogens is 330 g/mol. The average molecular weight is 357 g/mol. The summed E-state index contributed by atoms with van der Waals surface area (Å²) in [6.07, 6.45) is 2.17. The summed E-state index contributed by atoms with van der Waals surface area (Å²) >= 11 is 0. The summed E-state index contributed by atoms with van der Waals surface area (Å²) < 4.78 is 0. The zero-order chi connectivity index (χ0) is 18.7. The Morgan fingerprint density at radius 2 is 1.15 bits per heavy atom. The highest BCUT2D eigenvalue weighted by atomic mass is 16.3. The van der Waals surface area contributed by atoms with Crippen LogP contribution in [0.5, 0.6) is 0 Å². The maximum Gasteiger partial charge on any atom is 0.0724 e. The van der Waals surface area contributed by atoms with Crippen LogP contribution in [0.1, 0.15) is 41.6 Å². The molecule has 3 aromatic carbocycles. The van der Waals surface area contributed by atoms with E-state index >= 15 is 0 Å². The van der Waals surface area contributed by atoms with Gasteiger partial charge in [-0.3, -0.25) is 4.90 Å². The van der Waals surface area contributed by atoms with Crippen LogP contribution < -0.4 is 0 Å². The summed E-state index contributed by atoms with van der Waals surface area (Å²) in [5, 5.41) is 11.7. The van der Waals surface area contributed by atoms with Crippen LogP contribution in [-0.2, 0) is 6.42 Å². The van der Waals surface area contributed by atoms with Gasteiger partial charge in [0.05, 0.1) is 5.60 Å². The largest absolute Gasteiger partial charge is 0.389 e. The molecule has 0 aromatic heterocycles. The molecule has 1 saturated heterocycles. The summed E-state index contributed by atoms with van der Waals surface area (Å²) in [6.45, 7) is 0. The average Bonchev–Trinajstić information content (AvgIpc) is 2.72. The number of nitrogens with zero attached hydrogens (tertiary/aromatic N) is 1. The SMILES string of the molecule is CN1[C@@H](c2ccccc2)CC(O)(Cc2ccccc2)C[C@@H]1c1ccccc1. The first-order valence-electron chi connectivity index (χ1n) is 9.73. The van der Waals surface area contributed by atoms with Crippen LogP contribution in [0.25, 0.3) is 0 Å². The zero-order valence-corrected chi connectivity index (χ0v) is 15.8. The quantitative estimate of drug-likeness (QED) is 0.696. The van der Waals surface area contributed by atoms with Crippen LogP contribution in [-0.4, -0.2) is 22.7 Å². The third-order valence-electron chi connectivity index (χ3n) is 5.87. The van der Waals surface area contributed by atoms with E-state index < -0.39 is 5.60 Å². The first-order valence-corrected chi connectivity index (χ1v) is 9.73. The van der Waals surface area contributed by atoms with Gasteiger partial charge >= 0.3 is 0 Å². The maximum atomic E-state index is 11.7. The predicted molar refractivity (Wildman–Crippen MR) is 110 cm³/mol. The molecule has 0 amide bonds. The standard InChI is InChI=1S/C25H27NO/c1-26-23(21-13-7-3-8-14-21)18-25(27,17-20-11-5-2-6-12-20)19-24(26)22-15-9-4-10-16-22/h2-16,23-24,27H,17-19H2,1H3/t23-,24-/m1/s1. The molecule has 27 heavy (non-hydrogen) atoms. The van der Waals surface area contributed by atoms with Gasteiger partial charge in [0.1, 0.15) is 0 Å². The number of piperidine rings is 1. The van der Waals surface area contributed by atoms with Crippen molar-refractivity contribution < 1.29 is 5.11 Å². The van der Waals surface area contributed by atoms with E-state index in [1.165, 1.54) is 16.7 Å². The lowest BCUT2D eigenvalue weighted by Gasteiger charge is -2.48. The lowest BCUT2D eigenvalue weighted by Crippen LogP contribution is -2.47. The van der Waals surface area contributed by atoms with Gasteiger partial charge in [0.2, 0.25) is 0 Å². The Balaban J connectivity index is 1.70. The molecule has 0 radical (unpaired) electrons. The Morgan fingerprint density at radius 3 is 1.59 bits per heavy atom. The van der Waals surface area contributed by atoms with E-state index in [0.717, 1.165) is 12.8 Å². The third-order valence-corrected chi connectivity index (χ3v) is 5.87. The second-order valence-electron chi connectivity index (χ2n) is 7.81. The molecule has 1 fully saturated rings. The van der Waals surface area contributed by atoms with Crippen molar-refractivity contribution in [3.63, 3.8) is 0 Å². The lowest BCUT2D eigenvalue weighted by atomic mass is 9.75. The Labute approximate surface area is 162 Å². The minimum Gasteiger partial charge on any atom is -0.389 e. The molecule has 1 N–H and O–H groups in total. The maximum absolute atomic E-state index is 11.7. The van der Waals surface area contributed by atoms with E-state index in [1.54, 1.807) is 0 Å². The number of aliphatic hydroxyl groups is 1. The summed E-state index contributed by atoms with van der Waals surface area (Å²) in [4.78, 5) is 2.43. The summed E-state index contributed by atoms with van der Waals surface area (Å²) in [5.41, 5.74) is 3.01. The molecule has 0 bridgehead atoms. The first kappa shape index (κ1) is 18.0. The van der Waals surface area contributed by atoms with E-state index in [9.17, 15) is 5.11 Å². The number of hydrogen-bond acceptors (Lipinski definition) is 2. The molecule has 1 heterocycles. The van der Waals surface area contributed by atoms with Crippen molar-refractivity contribution >= 4 is 0 Å². The Bertz CT molecular complexity index is 798. The molecule has 138 valence electrons. The molecule has 0 aliphatic carbocycles. The topological polar surface area (TPSA) is 23.5 Å². The molecule has 2 heteroatoms. The molecule has 2 atom stereocenters. The second-order valence-corrected chi connectivity index (χ2v) is 7.81. The van der Waals surface area contributed by atoms with E-state index in [2.05, 4.69) is 96.9 Å². The van der Waals surface area contributed by atoms with E-state index in [0.29, 0.717) is 6.42 Å². The number of benzene rings is 3. The van der Waals surface area contributed by atoms with Gasteiger partial charge in [-0.1, -0.05) is 91.0 Å². The lowest BCUT2D eigenvalue weighted by molar-refractivity contribution is -0.0682. The van der Waals surface area contributed by atoms with E-state index in [-0.39, 0.29) is 12.1 Å². The fourth-order valence-corrected chi connectivity index (χ4v) is 4.48. The second kappa shape index (κ2) is 7.67. The highest BCUT2D eigenvalue weighted by Crippen LogP contribution is 2.46. The Kier molecular flexibility index (Phi) is 5.11. The Morgan fingerprint density at radius 1 is 0.741 bits per heavy atom. The summed E-state index contributed by atoms with van der Waals surface area (Å²) in [5.74, 6) is 0. The van der Waals surface area contributed by atoms with Crippen molar-refractivity contribution in [2.24, 2.45) is 0 Å². The highest BCUT2D eigenvalue weighted by Gasteiger charge is 2.43. The van der Waals surface area contributed by atoms with E-state index in [4.69, 9.17) is 0 Å². The molecule has 1 aliphatic heterocycles. The number of hydrogen-bond donors (Lipinski definition) is 1.